The highest BCUT2D eigenvalue weighted by Gasteiger charge is 2.11. The van der Waals surface area contributed by atoms with E-state index in [2.05, 4.69) is 0 Å². The summed E-state index contributed by atoms with van der Waals surface area (Å²) in [7, 11) is 0. The number of fused-ring (bicyclic) bond motifs is 2. The molecule has 0 radical (unpaired) electrons. The summed E-state index contributed by atoms with van der Waals surface area (Å²) in [6, 6.07) is 11.5. The number of hydrogen-bond donors (Lipinski definition) is 0. The van der Waals surface area contributed by atoms with Crippen molar-refractivity contribution in [3.05, 3.63) is 47.5 Å². The summed E-state index contributed by atoms with van der Waals surface area (Å²) in [5.41, 5.74) is 2.20. The van der Waals surface area contributed by atoms with Gasteiger partial charge < -0.3 is 18.9 Å². The zero-order chi connectivity index (χ0) is 13.9. The zero-order valence-electron chi connectivity index (χ0n) is 11.5. The lowest BCUT2D eigenvalue weighted by molar-refractivity contribution is 0.0722. The molecule has 2 aromatic rings. The molecule has 0 amide bonds. The Morgan fingerprint density at radius 2 is 1.00 bits per heavy atom. The first-order chi connectivity index (χ1) is 9.72. The summed E-state index contributed by atoms with van der Waals surface area (Å²) in [4.78, 5) is 0. The Labute approximate surface area is 117 Å². The van der Waals surface area contributed by atoms with Crippen molar-refractivity contribution in [1.82, 2.24) is 0 Å². The fourth-order valence-corrected chi connectivity index (χ4v) is 2.01. The Morgan fingerprint density at radius 3 is 1.45 bits per heavy atom. The lowest BCUT2D eigenvalue weighted by Crippen LogP contribution is -2.13. The van der Waals surface area contributed by atoms with Crippen LogP contribution < -0.4 is 18.9 Å². The van der Waals surface area contributed by atoms with Crippen LogP contribution in [0.25, 0.3) is 0 Å². The molecule has 0 aliphatic carbocycles. The van der Waals surface area contributed by atoms with E-state index in [1.165, 1.54) is 0 Å². The lowest BCUT2D eigenvalue weighted by atomic mass is 10.2. The number of rotatable bonds is 0. The highest BCUT2D eigenvalue weighted by molar-refractivity contribution is 5.44. The molecular formula is C16H16O4. The van der Waals surface area contributed by atoms with Crippen LogP contribution in [0.15, 0.2) is 36.4 Å². The molecule has 0 unspecified atom stereocenters. The minimum atomic E-state index is 0.110. The SMILES string of the molecule is Cc1ccc2c(c1)OCOc1ccc(C)cc1OCO2. The van der Waals surface area contributed by atoms with Crippen LogP contribution in [0.1, 0.15) is 11.1 Å². The van der Waals surface area contributed by atoms with Crippen molar-refractivity contribution in [1.29, 1.82) is 0 Å². The van der Waals surface area contributed by atoms with Gasteiger partial charge in [0.15, 0.2) is 23.0 Å². The van der Waals surface area contributed by atoms with E-state index in [-0.39, 0.29) is 13.6 Å². The van der Waals surface area contributed by atoms with Crippen molar-refractivity contribution < 1.29 is 18.9 Å². The summed E-state index contributed by atoms with van der Waals surface area (Å²) in [6.07, 6.45) is 0. The van der Waals surface area contributed by atoms with Crippen molar-refractivity contribution in [2.45, 2.75) is 13.8 Å². The van der Waals surface area contributed by atoms with Gasteiger partial charge >= 0.3 is 0 Å². The summed E-state index contributed by atoms with van der Waals surface area (Å²) >= 11 is 0. The second kappa shape index (κ2) is 5.33. The van der Waals surface area contributed by atoms with Gasteiger partial charge in [-0.15, -0.1) is 0 Å². The molecule has 0 saturated heterocycles. The van der Waals surface area contributed by atoms with E-state index in [1.807, 2.05) is 50.2 Å². The first kappa shape index (κ1) is 12.7. The lowest BCUT2D eigenvalue weighted by Gasteiger charge is -2.19. The molecule has 0 atom stereocenters. The van der Waals surface area contributed by atoms with Crippen LogP contribution in [0, 0.1) is 13.8 Å². The molecule has 104 valence electrons. The maximum atomic E-state index is 5.63. The Morgan fingerprint density at radius 1 is 0.600 bits per heavy atom. The smallest absolute Gasteiger partial charge is 0.231 e. The van der Waals surface area contributed by atoms with Crippen LogP contribution in [0.3, 0.4) is 0 Å². The molecule has 20 heavy (non-hydrogen) atoms. The maximum Gasteiger partial charge on any atom is 0.231 e. The average molecular weight is 272 g/mol. The predicted octanol–water partition coefficient (Wildman–Crippen LogP) is 3.45. The highest BCUT2D eigenvalue weighted by Crippen LogP contribution is 2.32. The second-order valence-corrected chi connectivity index (χ2v) is 4.71. The van der Waals surface area contributed by atoms with Crippen LogP contribution in [-0.2, 0) is 0 Å². The summed E-state index contributed by atoms with van der Waals surface area (Å²) in [6.45, 7) is 4.22. The molecule has 4 heteroatoms. The normalized spacial score (nSPS) is 13.7. The van der Waals surface area contributed by atoms with Gasteiger partial charge in [0.25, 0.3) is 0 Å². The summed E-state index contributed by atoms with van der Waals surface area (Å²) in [5, 5.41) is 0. The quantitative estimate of drug-likeness (QED) is 0.736. The van der Waals surface area contributed by atoms with E-state index in [9.17, 15) is 0 Å². The predicted molar refractivity (Wildman–Crippen MR) is 74.6 cm³/mol. The van der Waals surface area contributed by atoms with Gasteiger partial charge in [0.2, 0.25) is 13.6 Å². The van der Waals surface area contributed by atoms with Gasteiger partial charge in [-0.1, -0.05) is 12.1 Å². The largest absolute Gasteiger partial charge is 0.454 e. The topological polar surface area (TPSA) is 36.9 Å². The van der Waals surface area contributed by atoms with E-state index in [0.29, 0.717) is 23.0 Å². The Kier molecular flexibility index (Phi) is 3.37. The van der Waals surface area contributed by atoms with Gasteiger partial charge in [0, 0.05) is 0 Å². The highest BCUT2D eigenvalue weighted by atomic mass is 16.7. The van der Waals surface area contributed by atoms with E-state index in [1.54, 1.807) is 0 Å². The minimum absolute atomic E-state index is 0.110. The van der Waals surface area contributed by atoms with E-state index in [0.717, 1.165) is 11.1 Å². The average Bonchev–Trinajstić information content (AvgIpc) is 2.43. The number of benzene rings is 2. The van der Waals surface area contributed by atoms with Gasteiger partial charge in [-0.05, 0) is 49.2 Å². The summed E-state index contributed by atoms with van der Waals surface area (Å²) < 4.78 is 22.5. The molecule has 0 bridgehead atoms. The minimum Gasteiger partial charge on any atom is -0.454 e. The van der Waals surface area contributed by atoms with Gasteiger partial charge in [-0.25, -0.2) is 0 Å². The number of ether oxygens (including phenoxy) is 4. The van der Waals surface area contributed by atoms with Crippen molar-refractivity contribution >= 4 is 0 Å². The van der Waals surface area contributed by atoms with E-state index in [4.69, 9.17) is 18.9 Å². The molecule has 1 aliphatic rings. The van der Waals surface area contributed by atoms with Crippen LogP contribution >= 0.6 is 0 Å². The van der Waals surface area contributed by atoms with E-state index >= 15 is 0 Å². The molecule has 0 spiro atoms. The van der Waals surface area contributed by atoms with Crippen molar-refractivity contribution in [3.8, 4) is 23.0 Å². The molecule has 1 aliphatic heterocycles. The number of aryl methyl sites for hydroxylation is 2. The van der Waals surface area contributed by atoms with Crippen molar-refractivity contribution in [2.24, 2.45) is 0 Å². The fraction of sp³-hybridized carbons (Fsp3) is 0.250. The van der Waals surface area contributed by atoms with Crippen LogP contribution in [0.5, 0.6) is 23.0 Å². The monoisotopic (exact) mass is 272 g/mol. The van der Waals surface area contributed by atoms with Gasteiger partial charge in [-0.3, -0.25) is 0 Å². The molecule has 0 N–H and O–H groups in total. The zero-order valence-corrected chi connectivity index (χ0v) is 11.5. The first-order valence-electron chi connectivity index (χ1n) is 6.45. The molecule has 1 heterocycles. The molecule has 0 fully saturated rings. The molecule has 4 nitrogen and oxygen atoms in total. The van der Waals surface area contributed by atoms with Crippen LogP contribution in [0.4, 0.5) is 0 Å². The molecule has 3 rings (SSSR count). The standard InChI is InChI=1S/C16H16O4/c1-11-3-5-13-15(7-11)19-9-18-14-6-4-12(2)8-16(14)20-10-17-13/h3-8H,9-10H2,1-2H3. The first-order valence-corrected chi connectivity index (χ1v) is 6.45. The van der Waals surface area contributed by atoms with Gasteiger partial charge in [-0.2, -0.15) is 0 Å². The molecule has 0 saturated carbocycles. The fourth-order valence-electron chi connectivity index (χ4n) is 2.01. The van der Waals surface area contributed by atoms with Crippen LogP contribution in [0.2, 0.25) is 0 Å². The van der Waals surface area contributed by atoms with Crippen molar-refractivity contribution in [3.63, 3.8) is 0 Å². The van der Waals surface area contributed by atoms with Gasteiger partial charge in [0.1, 0.15) is 0 Å². The Hall–Kier alpha value is -2.36. The molecular weight excluding hydrogens is 256 g/mol. The third-order valence-electron chi connectivity index (χ3n) is 3.06. The second-order valence-electron chi connectivity index (χ2n) is 4.71. The Bertz CT molecular complexity index is 566. The van der Waals surface area contributed by atoms with E-state index < -0.39 is 0 Å². The third kappa shape index (κ3) is 2.64. The third-order valence-corrected chi connectivity index (χ3v) is 3.06. The molecule has 2 aromatic carbocycles. The van der Waals surface area contributed by atoms with Crippen LogP contribution in [-0.4, -0.2) is 13.6 Å². The maximum absolute atomic E-state index is 5.63. The van der Waals surface area contributed by atoms with Gasteiger partial charge in [0.05, 0.1) is 0 Å². The molecule has 0 aromatic heterocycles. The summed E-state index contributed by atoms with van der Waals surface area (Å²) in [5.74, 6) is 2.61. The van der Waals surface area contributed by atoms with Crippen molar-refractivity contribution in [2.75, 3.05) is 13.6 Å². The number of hydrogen-bond acceptors (Lipinski definition) is 4. The Balaban J connectivity index is 1.86.